The highest BCUT2D eigenvalue weighted by Gasteiger charge is 2.14. The normalized spacial score (nSPS) is 10.2. The van der Waals surface area contributed by atoms with Crippen molar-refractivity contribution in [3.05, 3.63) is 57.6 Å². The number of likely N-dealkylation sites (N-methyl/N-ethyl adjacent to an activating group) is 1. The van der Waals surface area contributed by atoms with Crippen LogP contribution in [0.3, 0.4) is 0 Å². The molecule has 2 rings (SSSR count). The van der Waals surface area contributed by atoms with E-state index in [0.29, 0.717) is 23.7 Å². The van der Waals surface area contributed by atoms with Gasteiger partial charge in [-0.3, -0.25) is 14.9 Å². The van der Waals surface area contributed by atoms with Crippen LogP contribution in [-0.4, -0.2) is 43.5 Å². The van der Waals surface area contributed by atoms with Crippen molar-refractivity contribution in [2.75, 3.05) is 33.1 Å². The molecule has 27 heavy (non-hydrogen) atoms. The SMILES string of the molecule is COc1cc(C)c(CN(C)C(=O)CNc2cccc([N+](=O)[O-])c2)cc1OC. The Morgan fingerprint density at radius 1 is 1.19 bits per heavy atom. The number of aryl methyl sites for hydroxylation is 1. The van der Waals surface area contributed by atoms with E-state index < -0.39 is 4.92 Å². The molecule has 0 aliphatic rings. The minimum atomic E-state index is -0.473. The maximum Gasteiger partial charge on any atom is 0.271 e. The number of anilines is 1. The lowest BCUT2D eigenvalue weighted by atomic mass is 10.1. The van der Waals surface area contributed by atoms with Crippen LogP contribution in [0, 0.1) is 17.0 Å². The molecular formula is C19H23N3O5. The number of hydrogen-bond acceptors (Lipinski definition) is 6. The van der Waals surface area contributed by atoms with Gasteiger partial charge in [0.15, 0.2) is 11.5 Å². The number of nitro groups is 1. The van der Waals surface area contributed by atoms with E-state index >= 15 is 0 Å². The summed E-state index contributed by atoms with van der Waals surface area (Å²) in [7, 11) is 4.84. The van der Waals surface area contributed by atoms with Gasteiger partial charge in [-0.2, -0.15) is 0 Å². The molecule has 0 spiro atoms. The molecule has 0 saturated carbocycles. The topological polar surface area (TPSA) is 93.9 Å². The third-order valence-electron chi connectivity index (χ3n) is 4.18. The Morgan fingerprint density at radius 2 is 1.85 bits per heavy atom. The molecule has 0 saturated heterocycles. The van der Waals surface area contributed by atoms with Gasteiger partial charge in [-0.25, -0.2) is 0 Å². The van der Waals surface area contributed by atoms with Crippen molar-refractivity contribution in [1.82, 2.24) is 4.90 Å². The van der Waals surface area contributed by atoms with Gasteiger partial charge in [0.05, 0.1) is 25.7 Å². The molecule has 0 fully saturated rings. The molecule has 2 aromatic carbocycles. The predicted octanol–water partition coefficient (Wildman–Crippen LogP) is 2.99. The quantitative estimate of drug-likeness (QED) is 0.565. The molecule has 8 nitrogen and oxygen atoms in total. The van der Waals surface area contributed by atoms with Crippen LogP contribution in [0.15, 0.2) is 36.4 Å². The summed E-state index contributed by atoms with van der Waals surface area (Å²) in [5.74, 6) is 1.10. The molecule has 2 aromatic rings. The lowest BCUT2D eigenvalue weighted by Crippen LogP contribution is -2.32. The number of rotatable bonds is 8. The van der Waals surface area contributed by atoms with Gasteiger partial charge in [0.2, 0.25) is 5.91 Å². The van der Waals surface area contributed by atoms with Crippen LogP contribution in [0.5, 0.6) is 11.5 Å². The second-order valence-electron chi connectivity index (χ2n) is 6.04. The standard InChI is InChI=1S/C19H23N3O5/c1-13-8-17(26-3)18(27-4)9-14(13)12-21(2)19(23)11-20-15-6-5-7-16(10-15)22(24)25/h5-10,20H,11-12H2,1-4H3. The van der Waals surface area contributed by atoms with Gasteiger partial charge in [-0.05, 0) is 36.2 Å². The highest BCUT2D eigenvalue weighted by atomic mass is 16.6. The average molecular weight is 373 g/mol. The predicted molar refractivity (Wildman–Crippen MR) is 102 cm³/mol. The largest absolute Gasteiger partial charge is 0.493 e. The number of ether oxygens (including phenoxy) is 2. The Kier molecular flexibility index (Phi) is 6.59. The first-order valence-corrected chi connectivity index (χ1v) is 8.29. The van der Waals surface area contributed by atoms with E-state index in [1.807, 2.05) is 19.1 Å². The van der Waals surface area contributed by atoms with Crippen molar-refractivity contribution < 1.29 is 19.2 Å². The molecule has 8 heteroatoms. The second kappa shape index (κ2) is 8.88. The van der Waals surface area contributed by atoms with Gasteiger partial charge in [0.1, 0.15) is 0 Å². The van der Waals surface area contributed by atoms with Crippen LogP contribution in [0.1, 0.15) is 11.1 Å². The summed E-state index contributed by atoms with van der Waals surface area (Å²) in [4.78, 5) is 24.3. The Morgan fingerprint density at radius 3 is 2.48 bits per heavy atom. The van der Waals surface area contributed by atoms with Gasteiger partial charge in [-0.15, -0.1) is 0 Å². The Bertz CT molecular complexity index is 838. The van der Waals surface area contributed by atoms with E-state index in [1.165, 1.54) is 12.1 Å². The summed E-state index contributed by atoms with van der Waals surface area (Å²) in [5.41, 5.74) is 2.42. The molecule has 0 aliphatic carbocycles. The number of non-ortho nitro benzene ring substituents is 1. The van der Waals surface area contributed by atoms with Crippen molar-refractivity contribution in [2.45, 2.75) is 13.5 Å². The molecule has 0 radical (unpaired) electrons. The Balaban J connectivity index is 2.02. The van der Waals surface area contributed by atoms with E-state index in [-0.39, 0.29) is 18.1 Å². The molecule has 144 valence electrons. The number of carbonyl (C=O) groups is 1. The first-order valence-electron chi connectivity index (χ1n) is 8.29. The minimum Gasteiger partial charge on any atom is -0.493 e. The number of methoxy groups -OCH3 is 2. The maximum absolute atomic E-state index is 12.4. The maximum atomic E-state index is 12.4. The summed E-state index contributed by atoms with van der Waals surface area (Å²) in [5, 5.41) is 13.7. The zero-order valence-electron chi connectivity index (χ0n) is 15.8. The third kappa shape index (κ3) is 5.10. The molecule has 0 atom stereocenters. The Labute approximate surface area is 157 Å². The van der Waals surface area contributed by atoms with E-state index in [1.54, 1.807) is 38.3 Å². The molecule has 0 aliphatic heterocycles. The number of benzene rings is 2. The van der Waals surface area contributed by atoms with Crippen LogP contribution in [-0.2, 0) is 11.3 Å². The fourth-order valence-corrected chi connectivity index (χ4v) is 2.58. The molecule has 0 bridgehead atoms. The number of nitro benzene ring substituents is 1. The minimum absolute atomic E-state index is 0.0262. The summed E-state index contributed by atoms with van der Waals surface area (Å²) in [6, 6.07) is 9.77. The molecule has 0 unspecified atom stereocenters. The van der Waals surface area contributed by atoms with Gasteiger partial charge in [0, 0.05) is 31.4 Å². The third-order valence-corrected chi connectivity index (χ3v) is 4.18. The van der Waals surface area contributed by atoms with Crippen molar-refractivity contribution in [2.24, 2.45) is 0 Å². The summed E-state index contributed by atoms with van der Waals surface area (Å²) >= 11 is 0. The van der Waals surface area contributed by atoms with Gasteiger partial charge < -0.3 is 19.7 Å². The number of nitrogens with one attached hydrogen (secondary N) is 1. The molecule has 0 aromatic heterocycles. The lowest BCUT2D eigenvalue weighted by molar-refractivity contribution is -0.384. The summed E-state index contributed by atoms with van der Waals surface area (Å²) in [6.45, 7) is 2.38. The van der Waals surface area contributed by atoms with Gasteiger partial charge in [-0.1, -0.05) is 6.07 Å². The fraction of sp³-hybridized carbons (Fsp3) is 0.316. The summed E-state index contributed by atoms with van der Waals surface area (Å²) in [6.07, 6.45) is 0. The molecule has 1 N–H and O–H groups in total. The zero-order valence-corrected chi connectivity index (χ0v) is 15.8. The monoisotopic (exact) mass is 373 g/mol. The number of amides is 1. The van der Waals surface area contributed by atoms with Crippen LogP contribution in [0.25, 0.3) is 0 Å². The number of hydrogen-bond donors (Lipinski definition) is 1. The number of nitrogens with zero attached hydrogens (tertiary/aromatic N) is 2. The Hall–Kier alpha value is -3.29. The van der Waals surface area contributed by atoms with Crippen molar-refractivity contribution >= 4 is 17.3 Å². The first-order chi connectivity index (χ1) is 12.8. The summed E-state index contributed by atoms with van der Waals surface area (Å²) < 4.78 is 10.6. The van der Waals surface area contributed by atoms with Crippen molar-refractivity contribution in [3.8, 4) is 11.5 Å². The van der Waals surface area contributed by atoms with E-state index in [9.17, 15) is 14.9 Å². The molecule has 0 heterocycles. The van der Waals surface area contributed by atoms with Gasteiger partial charge in [0.25, 0.3) is 5.69 Å². The molecule has 1 amide bonds. The smallest absolute Gasteiger partial charge is 0.271 e. The first kappa shape index (κ1) is 20.0. The zero-order chi connectivity index (χ0) is 20.0. The van der Waals surface area contributed by atoms with Crippen LogP contribution >= 0.6 is 0 Å². The van der Waals surface area contributed by atoms with Crippen molar-refractivity contribution in [1.29, 1.82) is 0 Å². The van der Waals surface area contributed by atoms with Crippen LogP contribution in [0.4, 0.5) is 11.4 Å². The lowest BCUT2D eigenvalue weighted by Gasteiger charge is -2.20. The fourth-order valence-electron chi connectivity index (χ4n) is 2.58. The van der Waals surface area contributed by atoms with Crippen LogP contribution < -0.4 is 14.8 Å². The van der Waals surface area contributed by atoms with E-state index in [2.05, 4.69) is 5.32 Å². The highest BCUT2D eigenvalue weighted by Crippen LogP contribution is 2.30. The average Bonchev–Trinajstić information content (AvgIpc) is 2.67. The van der Waals surface area contributed by atoms with E-state index in [4.69, 9.17) is 9.47 Å². The number of carbonyl (C=O) groups excluding carboxylic acids is 1. The molecular weight excluding hydrogens is 350 g/mol. The van der Waals surface area contributed by atoms with Crippen molar-refractivity contribution in [3.63, 3.8) is 0 Å². The van der Waals surface area contributed by atoms with Gasteiger partial charge >= 0.3 is 0 Å². The van der Waals surface area contributed by atoms with E-state index in [0.717, 1.165) is 11.1 Å². The second-order valence-corrected chi connectivity index (χ2v) is 6.04. The highest BCUT2D eigenvalue weighted by molar-refractivity contribution is 5.80. The van der Waals surface area contributed by atoms with Crippen LogP contribution in [0.2, 0.25) is 0 Å².